The third-order valence-corrected chi connectivity index (χ3v) is 3.86. The number of ether oxygens (including phenoxy) is 3. The number of carbonyl (C=O) groups excluding carboxylic acids is 2. The number of esters is 1. The van der Waals surface area contributed by atoms with Crippen molar-refractivity contribution < 1.29 is 23.8 Å². The highest BCUT2D eigenvalue weighted by Crippen LogP contribution is 2.16. The summed E-state index contributed by atoms with van der Waals surface area (Å²) in [4.78, 5) is 24.5. The molecule has 28 heavy (non-hydrogen) atoms. The Labute approximate surface area is 165 Å². The van der Waals surface area contributed by atoms with Gasteiger partial charge in [-0.05, 0) is 69.7 Å². The van der Waals surface area contributed by atoms with Crippen molar-refractivity contribution in [1.29, 1.82) is 0 Å². The molecule has 2 aromatic carbocycles. The van der Waals surface area contributed by atoms with Gasteiger partial charge in [0.05, 0.1) is 24.9 Å². The molecular weight excluding hydrogens is 358 g/mol. The van der Waals surface area contributed by atoms with Crippen molar-refractivity contribution in [2.45, 2.75) is 46.5 Å². The first kappa shape index (κ1) is 21.4. The Kier molecular flexibility index (Phi) is 8.02. The molecule has 0 aromatic heterocycles. The fourth-order valence-corrected chi connectivity index (χ4v) is 2.33. The molecule has 6 heteroatoms. The highest BCUT2D eigenvalue weighted by molar-refractivity contribution is 5.97. The lowest BCUT2D eigenvalue weighted by Crippen LogP contribution is -2.30. The predicted molar refractivity (Wildman–Crippen MR) is 107 cm³/mol. The third kappa shape index (κ3) is 6.70. The first-order valence-electron chi connectivity index (χ1n) is 9.34. The molecule has 150 valence electrons. The van der Waals surface area contributed by atoms with E-state index in [0.29, 0.717) is 24.5 Å². The summed E-state index contributed by atoms with van der Waals surface area (Å²) >= 11 is 0. The molecule has 0 spiro atoms. The van der Waals surface area contributed by atoms with Gasteiger partial charge < -0.3 is 19.5 Å². The first-order chi connectivity index (χ1) is 13.4. The van der Waals surface area contributed by atoms with E-state index in [1.54, 1.807) is 36.4 Å². The topological polar surface area (TPSA) is 73.9 Å². The number of carbonyl (C=O) groups is 2. The molecule has 0 aliphatic carbocycles. The van der Waals surface area contributed by atoms with Crippen molar-refractivity contribution in [2.24, 2.45) is 0 Å². The van der Waals surface area contributed by atoms with Gasteiger partial charge in [0.25, 0.3) is 5.91 Å². The molecule has 6 nitrogen and oxygen atoms in total. The van der Waals surface area contributed by atoms with E-state index in [-0.39, 0.29) is 6.10 Å². The zero-order valence-electron chi connectivity index (χ0n) is 16.7. The Morgan fingerprint density at radius 1 is 0.964 bits per heavy atom. The molecule has 1 N–H and O–H groups in total. The van der Waals surface area contributed by atoms with Crippen LogP contribution in [0.25, 0.3) is 0 Å². The zero-order valence-corrected chi connectivity index (χ0v) is 16.7. The van der Waals surface area contributed by atoms with Gasteiger partial charge in [0, 0.05) is 5.69 Å². The predicted octanol–water partition coefficient (Wildman–Crippen LogP) is 4.19. The molecular formula is C22H27NO5. The standard InChI is InChI=1S/C22H27NO5/c1-5-26-20-12-10-19(11-13-20)23-21(24)16(4)28-22(25)18-8-6-17(7-9-18)14-27-15(2)3/h6-13,15-16H,5,14H2,1-4H3,(H,23,24)/t16-/m1/s1. The van der Waals surface area contributed by atoms with Crippen LogP contribution in [0.2, 0.25) is 0 Å². The van der Waals surface area contributed by atoms with Gasteiger partial charge in [-0.3, -0.25) is 4.79 Å². The summed E-state index contributed by atoms with van der Waals surface area (Å²) in [5.74, 6) is -0.229. The van der Waals surface area contributed by atoms with Gasteiger partial charge in [-0.1, -0.05) is 12.1 Å². The minimum atomic E-state index is -0.928. The second-order valence-corrected chi connectivity index (χ2v) is 6.55. The first-order valence-corrected chi connectivity index (χ1v) is 9.34. The van der Waals surface area contributed by atoms with Crippen molar-refractivity contribution in [3.05, 3.63) is 59.7 Å². The van der Waals surface area contributed by atoms with Gasteiger partial charge in [-0.15, -0.1) is 0 Å². The van der Waals surface area contributed by atoms with Crippen LogP contribution in [0.3, 0.4) is 0 Å². The number of anilines is 1. The maximum atomic E-state index is 12.3. The maximum absolute atomic E-state index is 12.3. The molecule has 2 aromatic rings. The summed E-state index contributed by atoms with van der Waals surface area (Å²) in [5.41, 5.74) is 1.95. The van der Waals surface area contributed by atoms with E-state index in [1.165, 1.54) is 6.92 Å². The molecule has 2 rings (SSSR count). The zero-order chi connectivity index (χ0) is 20.5. The summed E-state index contributed by atoms with van der Waals surface area (Å²) in [6.07, 6.45) is -0.789. The van der Waals surface area contributed by atoms with Gasteiger partial charge in [0.1, 0.15) is 5.75 Å². The monoisotopic (exact) mass is 385 g/mol. The van der Waals surface area contributed by atoms with Crippen molar-refractivity contribution in [3.8, 4) is 5.75 Å². The summed E-state index contributed by atoms with van der Waals surface area (Å²) in [7, 11) is 0. The lowest BCUT2D eigenvalue weighted by molar-refractivity contribution is -0.123. The van der Waals surface area contributed by atoms with Crippen LogP contribution in [0.15, 0.2) is 48.5 Å². The number of amides is 1. The molecule has 0 fully saturated rings. The largest absolute Gasteiger partial charge is 0.494 e. The summed E-state index contributed by atoms with van der Waals surface area (Å²) in [5, 5.41) is 2.72. The van der Waals surface area contributed by atoms with E-state index in [1.807, 2.05) is 32.9 Å². The minimum Gasteiger partial charge on any atom is -0.494 e. The van der Waals surface area contributed by atoms with Crippen LogP contribution >= 0.6 is 0 Å². The third-order valence-electron chi connectivity index (χ3n) is 3.86. The number of benzene rings is 2. The van der Waals surface area contributed by atoms with Crippen LogP contribution < -0.4 is 10.1 Å². The van der Waals surface area contributed by atoms with Crippen LogP contribution in [0.4, 0.5) is 5.69 Å². The van der Waals surface area contributed by atoms with Gasteiger partial charge in [0.15, 0.2) is 6.10 Å². The quantitative estimate of drug-likeness (QED) is 0.655. The summed E-state index contributed by atoms with van der Waals surface area (Å²) < 4.78 is 16.1. The molecule has 0 aliphatic heterocycles. The molecule has 0 unspecified atom stereocenters. The molecule has 0 saturated carbocycles. The van der Waals surface area contributed by atoms with Gasteiger partial charge in [-0.25, -0.2) is 4.79 Å². The Bertz CT molecular complexity index is 769. The van der Waals surface area contributed by atoms with Crippen LogP contribution in [-0.2, 0) is 20.9 Å². The maximum Gasteiger partial charge on any atom is 0.338 e. The van der Waals surface area contributed by atoms with Crippen LogP contribution in [0.1, 0.15) is 43.6 Å². The Balaban J connectivity index is 1.87. The number of hydrogen-bond acceptors (Lipinski definition) is 5. The normalized spacial score (nSPS) is 11.8. The minimum absolute atomic E-state index is 0.138. The highest BCUT2D eigenvalue weighted by atomic mass is 16.5. The second-order valence-electron chi connectivity index (χ2n) is 6.55. The summed E-state index contributed by atoms with van der Waals surface area (Å²) in [6.45, 7) is 8.42. The molecule has 0 heterocycles. The van der Waals surface area contributed by atoms with Gasteiger partial charge >= 0.3 is 5.97 Å². The molecule has 1 amide bonds. The Hall–Kier alpha value is -2.86. The van der Waals surface area contributed by atoms with Gasteiger partial charge in [-0.2, -0.15) is 0 Å². The fraction of sp³-hybridized carbons (Fsp3) is 0.364. The lowest BCUT2D eigenvalue weighted by Gasteiger charge is -2.14. The van der Waals surface area contributed by atoms with Crippen LogP contribution in [0, 0.1) is 0 Å². The fourth-order valence-electron chi connectivity index (χ4n) is 2.33. The second kappa shape index (κ2) is 10.5. The van der Waals surface area contributed by atoms with Crippen molar-refractivity contribution in [1.82, 2.24) is 0 Å². The van der Waals surface area contributed by atoms with Crippen molar-refractivity contribution >= 4 is 17.6 Å². The van der Waals surface area contributed by atoms with Crippen LogP contribution in [-0.4, -0.2) is 30.7 Å². The molecule has 0 saturated heterocycles. The number of nitrogens with one attached hydrogen (secondary N) is 1. The average Bonchev–Trinajstić information content (AvgIpc) is 2.68. The SMILES string of the molecule is CCOc1ccc(NC(=O)[C@@H](C)OC(=O)c2ccc(COC(C)C)cc2)cc1. The van der Waals surface area contributed by atoms with E-state index in [0.717, 1.165) is 11.3 Å². The van der Waals surface area contributed by atoms with Gasteiger partial charge in [0.2, 0.25) is 0 Å². The van der Waals surface area contributed by atoms with E-state index in [2.05, 4.69) is 5.32 Å². The van der Waals surface area contributed by atoms with E-state index in [9.17, 15) is 9.59 Å². The van der Waals surface area contributed by atoms with Crippen molar-refractivity contribution in [3.63, 3.8) is 0 Å². The van der Waals surface area contributed by atoms with E-state index >= 15 is 0 Å². The Morgan fingerprint density at radius 2 is 1.61 bits per heavy atom. The Morgan fingerprint density at radius 3 is 2.18 bits per heavy atom. The van der Waals surface area contributed by atoms with Crippen LogP contribution in [0.5, 0.6) is 5.75 Å². The van der Waals surface area contributed by atoms with Crippen molar-refractivity contribution in [2.75, 3.05) is 11.9 Å². The molecule has 1 atom stereocenters. The number of hydrogen-bond donors (Lipinski definition) is 1. The smallest absolute Gasteiger partial charge is 0.338 e. The molecule has 0 aliphatic rings. The highest BCUT2D eigenvalue weighted by Gasteiger charge is 2.19. The number of rotatable bonds is 9. The lowest BCUT2D eigenvalue weighted by atomic mass is 10.1. The molecule has 0 bridgehead atoms. The van der Waals surface area contributed by atoms with E-state index in [4.69, 9.17) is 14.2 Å². The summed E-state index contributed by atoms with van der Waals surface area (Å²) in [6, 6.07) is 13.9. The van der Waals surface area contributed by atoms with E-state index < -0.39 is 18.0 Å². The average molecular weight is 385 g/mol. The molecule has 0 radical (unpaired) electrons.